The van der Waals surface area contributed by atoms with Crippen LogP contribution in [-0.4, -0.2) is 22.7 Å². The van der Waals surface area contributed by atoms with E-state index in [0.29, 0.717) is 0 Å². The van der Waals surface area contributed by atoms with E-state index in [9.17, 15) is 9.90 Å². The van der Waals surface area contributed by atoms with Crippen LogP contribution in [0.2, 0.25) is 0 Å². The lowest BCUT2D eigenvalue weighted by Gasteiger charge is -2.29. The van der Waals surface area contributed by atoms with Crippen molar-refractivity contribution in [2.24, 2.45) is 17.4 Å². The van der Waals surface area contributed by atoms with Gasteiger partial charge in [0, 0.05) is 6.04 Å². The normalized spacial score (nSPS) is 19.5. The predicted octanol–water partition coefficient (Wildman–Crippen LogP) is -0.794. The van der Waals surface area contributed by atoms with Crippen LogP contribution < -0.4 is 11.5 Å². The quantitative estimate of drug-likeness (QED) is 0.505. The molecule has 4 heteroatoms. The molecule has 0 fully saturated rings. The minimum atomic E-state index is -1.60. The molecule has 11 heavy (non-hydrogen) atoms. The van der Waals surface area contributed by atoms with E-state index in [-0.39, 0.29) is 5.92 Å². The van der Waals surface area contributed by atoms with E-state index in [1.165, 1.54) is 6.92 Å². The van der Waals surface area contributed by atoms with Gasteiger partial charge in [-0.25, -0.2) is 0 Å². The topological polar surface area (TPSA) is 89.3 Å². The van der Waals surface area contributed by atoms with Crippen molar-refractivity contribution >= 4 is 5.91 Å². The van der Waals surface area contributed by atoms with Gasteiger partial charge in [0.05, 0.1) is 0 Å². The molecule has 0 aromatic heterocycles. The average Bonchev–Trinajstić information content (AvgIpc) is 1.85. The fraction of sp³-hybridized carbons (Fsp3) is 0.857. The Hall–Kier alpha value is -0.610. The molecule has 0 radical (unpaired) electrons. The molecule has 0 aromatic carbocycles. The Labute approximate surface area is 66.6 Å². The number of amides is 1. The number of aliphatic hydroxyl groups is 1. The molecule has 0 aliphatic carbocycles. The smallest absolute Gasteiger partial charge is 0.250 e. The second kappa shape index (κ2) is 3.19. The Balaban J connectivity index is 4.42. The summed E-state index contributed by atoms with van der Waals surface area (Å²) < 4.78 is 0. The van der Waals surface area contributed by atoms with E-state index in [4.69, 9.17) is 11.5 Å². The van der Waals surface area contributed by atoms with E-state index in [2.05, 4.69) is 0 Å². The third kappa shape index (κ3) is 2.17. The molecule has 4 nitrogen and oxygen atoms in total. The fourth-order valence-corrected chi connectivity index (χ4v) is 0.813. The van der Waals surface area contributed by atoms with E-state index < -0.39 is 17.6 Å². The monoisotopic (exact) mass is 160 g/mol. The molecule has 0 saturated carbocycles. The van der Waals surface area contributed by atoms with Crippen LogP contribution in [0.25, 0.3) is 0 Å². The van der Waals surface area contributed by atoms with Gasteiger partial charge in [-0.1, -0.05) is 13.8 Å². The molecule has 0 saturated heterocycles. The molecular formula is C7H16N2O2. The molecule has 0 aromatic rings. The third-order valence-corrected chi connectivity index (χ3v) is 1.87. The summed E-state index contributed by atoms with van der Waals surface area (Å²) in [6, 6.07) is -0.611. The van der Waals surface area contributed by atoms with Gasteiger partial charge in [-0.15, -0.1) is 0 Å². The lowest BCUT2D eigenvalue weighted by atomic mass is 9.88. The lowest BCUT2D eigenvalue weighted by Crippen LogP contribution is -2.57. The highest BCUT2D eigenvalue weighted by atomic mass is 16.3. The Morgan fingerprint density at radius 2 is 1.91 bits per heavy atom. The Morgan fingerprint density at radius 1 is 1.55 bits per heavy atom. The summed E-state index contributed by atoms with van der Waals surface area (Å²) in [5, 5.41) is 9.43. The van der Waals surface area contributed by atoms with Crippen LogP contribution in [0.4, 0.5) is 0 Å². The van der Waals surface area contributed by atoms with Crippen LogP contribution in [-0.2, 0) is 4.79 Å². The summed E-state index contributed by atoms with van der Waals surface area (Å²) in [4.78, 5) is 10.7. The molecular weight excluding hydrogens is 144 g/mol. The maximum Gasteiger partial charge on any atom is 0.250 e. The van der Waals surface area contributed by atoms with Gasteiger partial charge in [0.2, 0.25) is 0 Å². The van der Waals surface area contributed by atoms with E-state index >= 15 is 0 Å². The summed E-state index contributed by atoms with van der Waals surface area (Å²) >= 11 is 0. The third-order valence-electron chi connectivity index (χ3n) is 1.87. The maximum absolute atomic E-state index is 10.7. The van der Waals surface area contributed by atoms with Crippen LogP contribution in [0.1, 0.15) is 20.8 Å². The van der Waals surface area contributed by atoms with Gasteiger partial charge in [-0.05, 0) is 12.8 Å². The van der Waals surface area contributed by atoms with Crippen LogP contribution in [0, 0.1) is 5.92 Å². The zero-order valence-electron chi connectivity index (χ0n) is 7.16. The zero-order valence-corrected chi connectivity index (χ0v) is 7.16. The van der Waals surface area contributed by atoms with Gasteiger partial charge >= 0.3 is 0 Å². The van der Waals surface area contributed by atoms with E-state index in [1.807, 2.05) is 13.8 Å². The number of rotatable bonds is 3. The van der Waals surface area contributed by atoms with Gasteiger partial charge < -0.3 is 16.6 Å². The number of hydrogen-bond acceptors (Lipinski definition) is 3. The molecule has 2 unspecified atom stereocenters. The van der Waals surface area contributed by atoms with Crippen molar-refractivity contribution in [1.82, 2.24) is 0 Å². The molecule has 0 spiro atoms. The van der Waals surface area contributed by atoms with Crippen LogP contribution in [0.3, 0.4) is 0 Å². The largest absolute Gasteiger partial charge is 0.379 e. The predicted molar refractivity (Wildman–Crippen MR) is 42.6 cm³/mol. The molecule has 0 heterocycles. The summed E-state index contributed by atoms with van der Waals surface area (Å²) in [5.41, 5.74) is 8.88. The number of carbonyl (C=O) groups is 1. The highest BCUT2D eigenvalue weighted by molar-refractivity contribution is 5.83. The van der Waals surface area contributed by atoms with Crippen molar-refractivity contribution in [2.45, 2.75) is 32.4 Å². The minimum absolute atomic E-state index is 0.0255. The molecule has 66 valence electrons. The summed E-state index contributed by atoms with van der Waals surface area (Å²) in [7, 11) is 0. The average molecular weight is 160 g/mol. The van der Waals surface area contributed by atoms with Crippen molar-refractivity contribution in [1.29, 1.82) is 0 Å². The summed E-state index contributed by atoms with van der Waals surface area (Å²) in [6.07, 6.45) is 0. The van der Waals surface area contributed by atoms with Crippen molar-refractivity contribution in [3.8, 4) is 0 Å². The van der Waals surface area contributed by atoms with E-state index in [1.54, 1.807) is 0 Å². The number of primary amides is 1. The first-order chi connectivity index (χ1) is 4.80. The van der Waals surface area contributed by atoms with Crippen LogP contribution in [0.5, 0.6) is 0 Å². The summed E-state index contributed by atoms with van der Waals surface area (Å²) in [6.45, 7) is 4.98. The van der Waals surface area contributed by atoms with Gasteiger partial charge in [0.1, 0.15) is 0 Å². The zero-order chi connectivity index (χ0) is 9.23. The van der Waals surface area contributed by atoms with Gasteiger partial charge in [0.15, 0.2) is 5.60 Å². The molecule has 0 aliphatic rings. The highest BCUT2D eigenvalue weighted by Crippen LogP contribution is 2.14. The number of hydrogen-bond donors (Lipinski definition) is 3. The van der Waals surface area contributed by atoms with Crippen molar-refractivity contribution < 1.29 is 9.90 Å². The Bertz CT molecular complexity index is 155. The van der Waals surface area contributed by atoms with Crippen molar-refractivity contribution in [3.05, 3.63) is 0 Å². The summed E-state index contributed by atoms with van der Waals surface area (Å²) in [5.74, 6) is -0.754. The van der Waals surface area contributed by atoms with Crippen LogP contribution >= 0.6 is 0 Å². The number of carbonyl (C=O) groups excluding carboxylic acids is 1. The fourth-order valence-electron chi connectivity index (χ4n) is 0.813. The SMILES string of the molecule is CC(C)C(N)C(C)(O)C(N)=O. The van der Waals surface area contributed by atoms with Gasteiger partial charge in [-0.3, -0.25) is 4.79 Å². The van der Waals surface area contributed by atoms with Crippen molar-refractivity contribution in [2.75, 3.05) is 0 Å². The van der Waals surface area contributed by atoms with Crippen LogP contribution in [0.15, 0.2) is 0 Å². The molecule has 0 aliphatic heterocycles. The Kier molecular flexibility index (Phi) is 3.02. The molecule has 2 atom stereocenters. The van der Waals surface area contributed by atoms with Gasteiger partial charge in [-0.2, -0.15) is 0 Å². The molecule has 1 amide bonds. The standard InChI is InChI=1S/C7H16N2O2/c1-4(2)5(8)7(3,11)6(9)10/h4-5,11H,8H2,1-3H3,(H2,9,10). The lowest BCUT2D eigenvalue weighted by molar-refractivity contribution is -0.137. The molecule has 5 N–H and O–H groups in total. The Morgan fingerprint density at radius 3 is 2.00 bits per heavy atom. The first kappa shape index (κ1) is 10.4. The first-order valence-electron chi connectivity index (χ1n) is 3.58. The van der Waals surface area contributed by atoms with Crippen molar-refractivity contribution in [3.63, 3.8) is 0 Å². The minimum Gasteiger partial charge on any atom is -0.379 e. The highest BCUT2D eigenvalue weighted by Gasteiger charge is 2.36. The molecule has 0 rings (SSSR count). The van der Waals surface area contributed by atoms with Gasteiger partial charge in [0.25, 0.3) is 5.91 Å². The maximum atomic E-state index is 10.7. The second-order valence-corrected chi connectivity index (χ2v) is 3.28. The van der Waals surface area contributed by atoms with E-state index in [0.717, 1.165) is 0 Å². The molecule has 0 bridgehead atoms. The number of nitrogens with two attached hydrogens (primary N) is 2. The second-order valence-electron chi connectivity index (χ2n) is 3.28. The first-order valence-corrected chi connectivity index (χ1v) is 3.58.